The van der Waals surface area contributed by atoms with Gasteiger partial charge in [-0.1, -0.05) is 68.8 Å². The number of aliphatic hydroxyl groups excluding tert-OH is 2. The summed E-state index contributed by atoms with van der Waals surface area (Å²) in [5.41, 5.74) is 7.44. The van der Waals surface area contributed by atoms with Crippen LogP contribution in [0.25, 0.3) is 26.4 Å². The van der Waals surface area contributed by atoms with Crippen molar-refractivity contribution in [3.8, 4) is 21.2 Å². The standard InChI is InChI=1S/C55H58ClN9O8S2/c1-27-29(3)75-54-46(27)47(32-12-14-35(56)15-13-32)60-40(50-63-62-30(4)65(50)54)23-45(68)59-36-20-39(21-36)72-38-16-17-43-34(18-38)19-44(73-43)52(70)61-49(55(5,6)7)53(71)64-24-37(67)22-42(64)51(69)58-28(2)31-8-10-33(11-9-31)48-41(25-66)57-26-74-48/h8-19,26,28,36-37,39-40,42,49,66-67H,20-25H2,1-7H3,(H,58,69)(H,59,68)(H,61,70)/t28-,36?,37+,39?,40-,42-,49?/m0/s1. The Morgan fingerprint density at radius 1 is 0.947 bits per heavy atom. The van der Waals surface area contributed by atoms with Gasteiger partial charge in [-0.3, -0.25) is 28.7 Å². The van der Waals surface area contributed by atoms with Crippen molar-refractivity contribution in [2.75, 3.05) is 6.54 Å². The summed E-state index contributed by atoms with van der Waals surface area (Å²) in [5.74, 6) is 0.181. The van der Waals surface area contributed by atoms with Crippen LogP contribution in [0.5, 0.6) is 5.75 Å². The highest BCUT2D eigenvalue weighted by Gasteiger charge is 2.45. The topological polar surface area (TPSA) is 226 Å². The van der Waals surface area contributed by atoms with Crippen molar-refractivity contribution in [1.29, 1.82) is 0 Å². The lowest BCUT2D eigenvalue weighted by atomic mass is 9.85. The van der Waals surface area contributed by atoms with Gasteiger partial charge in [0.25, 0.3) is 5.91 Å². The van der Waals surface area contributed by atoms with E-state index in [1.165, 1.54) is 16.2 Å². The Morgan fingerprint density at radius 2 is 1.68 bits per heavy atom. The van der Waals surface area contributed by atoms with Crippen LogP contribution in [0, 0.1) is 26.2 Å². The molecule has 17 nitrogen and oxygen atoms in total. The Morgan fingerprint density at radius 3 is 2.40 bits per heavy atom. The number of amides is 4. The molecule has 75 heavy (non-hydrogen) atoms. The monoisotopic (exact) mass is 1070 g/mol. The number of nitrogens with one attached hydrogen (secondary N) is 3. The van der Waals surface area contributed by atoms with Gasteiger partial charge in [0, 0.05) is 58.3 Å². The van der Waals surface area contributed by atoms with Gasteiger partial charge in [0.05, 0.1) is 47.0 Å². The zero-order valence-corrected chi connectivity index (χ0v) is 44.9. The maximum absolute atomic E-state index is 14.4. The third-order valence-corrected chi connectivity index (χ3v) is 16.6. The Hall–Kier alpha value is -6.77. The number of carbonyl (C=O) groups is 4. The zero-order valence-electron chi connectivity index (χ0n) is 42.5. The molecule has 1 saturated carbocycles. The van der Waals surface area contributed by atoms with Gasteiger partial charge in [0.2, 0.25) is 17.7 Å². The first-order valence-corrected chi connectivity index (χ1v) is 27.0. The molecule has 2 aliphatic heterocycles. The number of fused-ring (bicyclic) bond motifs is 4. The number of halogens is 1. The third-order valence-electron chi connectivity index (χ3n) is 14.3. The molecule has 10 rings (SSSR count). The van der Waals surface area contributed by atoms with Crippen molar-refractivity contribution in [3.63, 3.8) is 0 Å². The molecule has 1 saturated heterocycles. The van der Waals surface area contributed by atoms with E-state index in [1.807, 2.05) is 87.7 Å². The molecule has 4 aromatic heterocycles. The largest absolute Gasteiger partial charge is 0.490 e. The molecule has 6 heterocycles. The molecule has 3 aliphatic rings. The van der Waals surface area contributed by atoms with E-state index >= 15 is 0 Å². The number of ether oxygens (including phenoxy) is 1. The minimum absolute atomic E-state index is 0.0123. The van der Waals surface area contributed by atoms with Crippen LogP contribution < -0.4 is 20.7 Å². The van der Waals surface area contributed by atoms with Crippen LogP contribution in [0.1, 0.15) is 120 Å². The number of furan rings is 1. The number of β-amino-alcohol motifs (C(OH)–C–C–N with tert-alkyl or cyclic N) is 1. The van der Waals surface area contributed by atoms with E-state index in [2.05, 4.69) is 45.0 Å². The first kappa shape index (κ1) is 51.7. The van der Waals surface area contributed by atoms with Crippen molar-refractivity contribution in [2.45, 2.75) is 123 Å². The van der Waals surface area contributed by atoms with Gasteiger partial charge in [-0.2, -0.15) is 0 Å². The maximum atomic E-state index is 14.4. The smallest absolute Gasteiger partial charge is 0.287 e. The van der Waals surface area contributed by atoms with Crippen LogP contribution in [0.2, 0.25) is 5.02 Å². The van der Waals surface area contributed by atoms with Gasteiger partial charge in [0.1, 0.15) is 46.4 Å². The minimum Gasteiger partial charge on any atom is -0.490 e. The third kappa shape index (κ3) is 10.5. The average molecular weight is 1070 g/mol. The van der Waals surface area contributed by atoms with Crippen LogP contribution in [0.3, 0.4) is 0 Å². The number of rotatable bonds is 14. The molecule has 2 fully saturated rings. The summed E-state index contributed by atoms with van der Waals surface area (Å²) in [6.45, 7) is 13.1. The van der Waals surface area contributed by atoms with Gasteiger partial charge in [-0.05, 0) is 86.2 Å². The summed E-state index contributed by atoms with van der Waals surface area (Å²) in [6, 6.07) is 18.9. The summed E-state index contributed by atoms with van der Waals surface area (Å²) in [7, 11) is 0. The Bertz CT molecular complexity index is 3350. The highest BCUT2D eigenvalue weighted by molar-refractivity contribution is 7.15. The summed E-state index contributed by atoms with van der Waals surface area (Å²) in [6.07, 6.45) is 0.187. The number of aromatic nitrogens is 4. The molecule has 0 spiro atoms. The molecule has 7 aromatic rings. The Labute approximate surface area is 446 Å². The van der Waals surface area contributed by atoms with Gasteiger partial charge < -0.3 is 40.2 Å². The van der Waals surface area contributed by atoms with E-state index in [-0.39, 0.29) is 49.8 Å². The molecular formula is C55H58ClN9O8S2. The fourth-order valence-electron chi connectivity index (χ4n) is 10.0. The first-order chi connectivity index (χ1) is 35.8. The number of likely N-dealkylation sites (tertiary alicyclic amines) is 1. The van der Waals surface area contributed by atoms with Crippen molar-refractivity contribution in [2.24, 2.45) is 10.4 Å². The number of hydrogen-bond donors (Lipinski definition) is 5. The normalized spacial score (nSPS) is 20.1. The van der Waals surface area contributed by atoms with Crippen LogP contribution in [-0.2, 0) is 21.0 Å². The molecular weight excluding hydrogens is 1010 g/mol. The molecule has 1 aliphatic carbocycles. The highest BCUT2D eigenvalue weighted by Crippen LogP contribution is 2.40. The number of aliphatic imine (C=N–C) groups is 1. The number of hydrogen-bond acceptors (Lipinski definition) is 14. The zero-order chi connectivity index (χ0) is 53.0. The van der Waals surface area contributed by atoms with Gasteiger partial charge in [-0.15, -0.1) is 32.9 Å². The summed E-state index contributed by atoms with van der Waals surface area (Å²) < 4.78 is 14.3. The predicted molar refractivity (Wildman–Crippen MR) is 287 cm³/mol. The van der Waals surface area contributed by atoms with Crippen molar-refractivity contribution >= 4 is 74.6 Å². The van der Waals surface area contributed by atoms with Gasteiger partial charge >= 0.3 is 0 Å². The minimum atomic E-state index is -1.08. The molecule has 5 N–H and O–H groups in total. The molecule has 5 atom stereocenters. The van der Waals surface area contributed by atoms with Crippen LogP contribution in [0.15, 0.2) is 87.7 Å². The molecule has 0 bridgehead atoms. The summed E-state index contributed by atoms with van der Waals surface area (Å²) >= 11 is 9.37. The molecule has 3 aromatic carbocycles. The van der Waals surface area contributed by atoms with Crippen molar-refractivity contribution in [1.82, 2.24) is 40.6 Å². The molecule has 20 heteroatoms. The van der Waals surface area contributed by atoms with Gasteiger partial charge in [0.15, 0.2) is 11.6 Å². The predicted octanol–water partition coefficient (Wildman–Crippen LogP) is 8.26. The van der Waals surface area contributed by atoms with E-state index in [4.69, 9.17) is 25.7 Å². The first-order valence-electron chi connectivity index (χ1n) is 24.9. The van der Waals surface area contributed by atoms with E-state index in [0.717, 1.165) is 48.3 Å². The number of aryl methyl sites for hydroxylation is 2. The number of carbonyl (C=O) groups excluding carboxylic acids is 4. The molecule has 1 unspecified atom stereocenters. The molecule has 0 radical (unpaired) electrons. The number of thiophene rings is 1. The Kier molecular flexibility index (Phi) is 14.3. The Balaban J connectivity index is 0.752. The quantitative estimate of drug-likeness (QED) is 0.0697. The number of benzene rings is 3. The number of thiazole rings is 1. The average Bonchev–Trinajstić information content (AvgIpc) is 4.22. The second-order valence-electron chi connectivity index (χ2n) is 20.7. The second-order valence-corrected chi connectivity index (χ2v) is 23.2. The van der Waals surface area contributed by atoms with Crippen LogP contribution >= 0.6 is 34.3 Å². The van der Waals surface area contributed by atoms with E-state index in [1.54, 1.807) is 41.1 Å². The highest BCUT2D eigenvalue weighted by atomic mass is 35.5. The second kappa shape index (κ2) is 20.7. The fourth-order valence-corrected chi connectivity index (χ4v) is 12.2. The van der Waals surface area contributed by atoms with E-state index < -0.39 is 53.4 Å². The van der Waals surface area contributed by atoms with Gasteiger partial charge in [-0.25, -0.2) is 4.98 Å². The van der Waals surface area contributed by atoms with Crippen molar-refractivity contribution < 1.29 is 38.5 Å². The SMILES string of the molecule is Cc1sc2c(c1C)C(c1ccc(Cl)cc1)=N[C@@H](CC(=O)NC1CC(Oc3ccc4oc(C(=O)NC(C(=O)N5C[C@H](O)C[C@H]5C(=O)N[C@@H](C)c5ccc(-c6scnc6CO)cc5)C(C)(C)C)cc4c3)C1)c1nnc(C)n1-2. The van der Waals surface area contributed by atoms with E-state index in [0.29, 0.717) is 51.9 Å². The number of nitrogens with zero attached hydrogens (tertiary/aromatic N) is 6. The fraction of sp³-hybridized carbons (Fsp3) is 0.382. The van der Waals surface area contributed by atoms with Crippen LogP contribution in [-0.4, -0.2) is 101 Å². The summed E-state index contributed by atoms with van der Waals surface area (Å²) in [5, 5.41) is 40.6. The summed E-state index contributed by atoms with van der Waals surface area (Å²) in [4.78, 5) is 68.7. The maximum Gasteiger partial charge on any atom is 0.287 e. The molecule has 390 valence electrons. The van der Waals surface area contributed by atoms with E-state index in [9.17, 15) is 29.4 Å². The van der Waals surface area contributed by atoms with Crippen molar-refractivity contribution in [3.05, 3.63) is 134 Å². The number of aliphatic hydroxyl groups is 2. The lowest BCUT2D eigenvalue weighted by Crippen LogP contribution is -2.57. The molecule has 4 amide bonds. The lowest BCUT2D eigenvalue weighted by molar-refractivity contribution is -0.142. The lowest BCUT2D eigenvalue weighted by Gasteiger charge is -2.36. The van der Waals surface area contributed by atoms with Crippen LogP contribution in [0.4, 0.5) is 0 Å².